The van der Waals surface area contributed by atoms with Crippen LogP contribution in [-0.2, 0) is 16.6 Å². The predicted molar refractivity (Wildman–Crippen MR) is 70.9 cm³/mol. The molecule has 1 heterocycles. The molecule has 0 saturated heterocycles. The summed E-state index contributed by atoms with van der Waals surface area (Å²) in [5.41, 5.74) is 2.68. The minimum absolute atomic E-state index is 0.136. The third-order valence-corrected chi connectivity index (χ3v) is 3.40. The van der Waals surface area contributed by atoms with E-state index in [0.29, 0.717) is 0 Å². The second-order valence-electron chi connectivity index (χ2n) is 4.91. The molecule has 0 saturated carbocycles. The van der Waals surface area contributed by atoms with Gasteiger partial charge in [0.05, 0.1) is 17.5 Å². The maximum atomic E-state index is 12.0. The summed E-state index contributed by atoms with van der Waals surface area (Å²) in [6.45, 7) is 7.29. The highest BCUT2D eigenvalue weighted by Gasteiger charge is 2.23. The first kappa shape index (κ1) is 15.2. The molecule has 2 unspecified atom stereocenters. The number of carboxylic acids is 1. The predicted octanol–water partition coefficient (Wildman–Crippen LogP) is 0.977. The van der Waals surface area contributed by atoms with Crippen LogP contribution in [0.1, 0.15) is 36.7 Å². The van der Waals surface area contributed by atoms with Gasteiger partial charge in [-0.15, -0.1) is 0 Å². The summed E-state index contributed by atoms with van der Waals surface area (Å²) in [5.74, 6) is -2.02. The second kappa shape index (κ2) is 5.86. The normalized spacial score (nSPS) is 13.9. The Morgan fingerprint density at radius 3 is 2.37 bits per heavy atom. The van der Waals surface area contributed by atoms with Crippen LogP contribution in [0.15, 0.2) is 0 Å². The van der Waals surface area contributed by atoms with Crippen molar-refractivity contribution in [1.82, 2.24) is 15.1 Å². The van der Waals surface area contributed by atoms with Crippen LogP contribution in [0.25, 0.3) is 0 Å². The number of hydrogen-bond acceptors (Lipinski definition) is 3. The monoisotopic (exact) mass is 267 g/mol. The van der Waals surface area contributed by atoms with E-state index < -0.39 is 11.9 Å². The van der Waals surface area contributed by atoms with Gasteiger partial charge in [0.15, 0.2) is 0 Å². The van der Waals surface area contributed by atoms with Gasteiger partial charge in [0.1, 0.15) is 0 Å². The number of amides is 1. The number of carboxylic acid groups (broad SMARTS) is 1. The number of rotatable bonds is 5. The Balaban J connectivity index is 2.75. The molecule has 0 bridgehead atoms. The zero-order valence-corrected chi connectivity index (χ0v) is 12.0. The van der Waals surface area contributed by atoms with Crippen LogP contribution >= 0.6 is 0 Å². The van der Waals surface area contributed by atoms with Crippen molar-refractivity contribution in [2.24, 2.45) is 13.0 Å². The van der Waals surface area contributed by atoms with E-state index in [9.17, 15) is 9.59 Å². The van der Waals surface area contributed by atoms with Crippen LogP contribution < -0.4 is 5.32 Å². The summed E-state index contributed by atoms with van der Waals surface area (Å²) in [4.78, 5) is 22.7. The number of hydrogen-bond donors (Lipinski definition) is 2. The molecule has 106 valence electrons. The molecule has 0 fully saturated rings. The van der Waals surface area contributed by atoms with Crippen LogP contribution in [0, 0.1) is 19.8 Å². The Labute approximate surface area is 112 Å². The van der Waals surface area contributed by atoms with Crippen LogP contribution in [0.4, 0.5) is 0 Å². The van der Waals surface area contributed by atoms with Gasteiger partial charge in [-0.3, -0.25) is 14.3 Å². The molecule has 1 rings (SSSR count). The zero-order valence-electron chi connectivity index (χ0n) is 12.0. The fourth-order valence-corrected chi connectivity index (χ4v) is 2.04. The lowest BCUT2D eigenvalue weighted by molar-refractivity contribution is -0.141. The molecule has 1 aromatic rings. The Hall–Kier alpha value is -1.85. The second-order valence-corrected chi connectivity index (χ2v) is 4.91. The van der Waals surface area contributed by atoms with E-state index in [0.717, 1.165) is 17.0 Å². The lowest BCUT2D eigenvalue weighted by Gasteiger charge is -2.14. The van der Waals surface area contributed by atoms with Gasteiger partial charge >= 0.3 is 5.97 Å². The van der Waals surface area contributed by atoms with E-state index in [1.54, 1.807) is 18.5 Å². The average molecular weight is 267 g/mol. The molecule has 0 aliphatic heterocycles. The van der Waals surface area contributed by atoms with E-state index >= 15 is 0 Å². The van der Waals surface area contributed by atoms with Gasteiger partial charge in [0.2, 0.25) is 5.91 Å². The van der Waals surface area contributed by atoms with Crippen molar-refractivity contribution >= 4 is 11.9 Å². The average Bonchev–Trinajstić information content (AvgIpc) is 2.58. The summed E-state index contributed by atoms with van der Waals surface area (Å²) in [6.07, 6.45) is 0. The summed E-state index contributed by atoms with van der Waals surface area (Å²) in [7, 11) is 1.84. The van der Waals surface area contributed by atoms with Crippen molar-refractivity contribution in [2.75, 3.05) is 6.54 Å². The third-order valence-electron chi connectivity index (χ3n) is 3.40. The first-order valence-corrected chi connectivity index (χ1v) is 6.26. The minimum Gasteiger partial charge on any atom is -0.481 e. The SMILES string of the molecule is Cc1nn(C)c(C)c1C(C)C(=O)NCC(C)C(=O)O. The highest BCUT2D eigenvalue weighted by Crippen LogP contribution is 2.22. The van der Waals surface area contributed by atoms with E-state index in [2.05, 4.69) is 10.4 Å². The van der Waals surface area contributed by atoms with Crippen molar-refractivity contribution < 1.29 is 14.7 Å². The molecule has 6 nitrogen and oxygen atoms in total. The fraction of sp³-hybridized carbons (Fsp3) is 0.615. The molecule has 2 N–H and O–H groups in total. The molecule has 1 amide bonds. The molecule has 0 aromatic carbocycles. The van der Waals surface area contributed by atoms with Crippen LogP contribution in [0.5, 0.6) is 0 Å². The van der Waals surface area contributed by atoms with E-state index in [1.807, 2.05) is 20.9 Å². The zero-order chi connectivity index (χ0) is 14.7. The van der Waals surface area contributed by atoms with Crippen molar-refractivity contribution in [3.8, 4) is 0 Å². The Kier molecular flexibility index (Phi) is 4.69. The largest absolute Gasteiger partial charge is 0.481 e. The number of carbonyl (C=O) groups is 2. The molecule has 19 heavy (non-hydrogen) atoms. The third kappa shape index (κ3) is 3.33. The van der Waals surface area contributed by atoms with Crippen LogP contribution in [-0.4, -0.2) is 33.3 Å². The number of aromatic nitrogens is 2. The van der Waals surface area contributed by atoms with Gasteiger partial charge < -0.3 is 10.4 Å². The number of nitrogens with zero attached hydrogens (tertiary/aromatic N) is 2. The van der Waals surface area contributed by atoms with E-state index in [1.165, 1.54) is 0 Å². The van der Waals surface area contributed by atoms with E-state index in [-0.39, 0.29) is 18.4 Å². The molecule has 0 radical (unpaired) electrons. The number of aliphatic carboxylic acids is 1. The Bertz CT molecular complexity index is 494. The van der Waals surface area contributed by atoms with Crippen molar-refractivity contribution in [3.63, 3.8) is 0 Å². The standard InChI is InChI=1S/C13H21N3O3/c1-7(13(18)19)6-14-12(17)8(2)11-9(3)15-16(5)10(11)4/h7-8H,6H2,1-5H3,(H,14,17)(H,18,19). The Morgan fingerprint density at radius 2 is 1.95 bits per heavy atom. The first-order chi connectivity index (χ1) is 8.75. The van der Waals surface area contributed by atoms with Crippen LogP contribution in [0.3, 0.4) is 0 Å². The minimum atomic E-state index is -0.915. The Morgan fingerprint density at radius 1 is 1.37 bits per heavy atom. The smallest absolute Gasteiger partial charge is 0.308 e. The first-order valence-electron chi connectivity index (χ1n) is 6.26. The summed E-state index contributed by atoms with van der Waals surface area (Å²) < 4.78 is 1.74. The van der Waals surface area contributed by atoms with Gasteiger partial charge in [0.25, 0.3) is 0 Å². The number of carbonyl (C=O) groups excluding carboxylic acids is 1. The molecule has 6 heteroatoms. The summed E-state index contributed by atoms with van der Waals surface area (Å²) in [5, 5.41) is 15.7. The molecular formula is C13H21N3O3. The molecule has 0 spiro atoms. The molecule has 2 atom stereocenters. The fourth-order valence-electron chi connectivity index (χ4n) is 2.04. The van der Waals surface area contributed by atoms with E-state index in [4.69, 9.17) is 5.11 Å². The maximum absolute atomic E-state index is 12.0. The number of nitrogens with one attached hydrogen (secondary N) is 1. The lowest BCUT2D eigenvalue weighted by atomic mass is 9.98. The highest BCUT2D eigenvalue weighted by molar-refractivity contribution is 5.84. The van der Waals surface area contributed by atoms with Gasteiger partial charge in [-0.1, -0.05) is 6.92 Å². The number of aryl methyl sites for hydroxylation is 2. The van der Waals surface area contributed by atoms with Crippen molar-refractivity contribution in [2.45, 2.75) is 33.6 Å². The van der Waals surface area contributed by atoms with Crippen molar-refractivity contribution in [3.05, 3.63) is 17.0 Å². The van der Waals surface area contributed by atoms with Gasteiger partial charge in [-0.2, -0.15) is 5.10 Å². The molecule has 0 aliphatic carbocycles. The van der Waals surface area contributed by atoms with Crippen molar-refractivity contribution in [1.29, 1.82) is 0 Å². The summed E-state index contributed by atoms with van der Waals surface area (Å²) in [6, 6.07) is 0. The van der Waals surface area contributed by atoms with Gasteiger partial charge in [-0.05, 0) is 20.8 Å². The van der Waals surface area contributed by atoms with Crippen LogP contribution in [0.2, 0.25) is 0 Å². The lowest BCUT2D eigenvalue weighted by Crippen LogP contribution is -2.34. The topological polar surface area (TPSA) is 84.2 Å². The van der Waals surface area contributed by atoms with Gasteiger partial charge in [-0.25, -0.2) is 0 Å². The quantitative estimate of drug-likeness (QED) is 0.832. The molecule has 0 aliphatic rings. The maximum Gasteiger partial charge on any atom is 0.308 e. The molecular weight excluding hydrogens is 246 g/mol. The van der Waals surface area contributed by atoms with Gasteiger partial charge in [0, 0.05) is 24.8 Å². The highest BCUT2D eigenvalue weighted by atomic mass is 16.4. The summed E-state index contributed by atoms with van der Waals surface area (Å²) >= 11 is 0. The molecule has 1 aromatic heterocycles.